The van der Waals surface area contributed by atoms with Gasteiger partial charge in [-0.05, 0) is 29.8 Å². The maximum Gasteiger partial charge on any atom is 0.226 e. The molecule has 2 unspecified atom stereocenters. The third-order valence-corrected chi connectivity index (χ3v) is 4.87. The van der Waals surface area contributed by atoms with Crippen molar-refractivity contribution in [1.29, 1.82) is 0 Å². The molecule has 2 atom stereocenters. The summed E-state index contributed by atoms with van der Waals surface area (Å²) in [5, 5.41) is 3.04. The van der Waals surface area contributed by atoms with Crippen LogP contribution in [0.3, 0.4) is 0 Å². The van der Waals surface area contributed by atoms with Crippen molar-refractivity contribution in [1.82, 2.24) is 26.1 Å². The van der Waals surface area contributed by atoms with Crippen LogP contribution in [0, 0.1) is 5.92 Å². The largest absolute Gasteiger partial charge is 0.497 e. The predicted octanol–water partition coefficient (Wildman–Crippen LogP) is 1.70. The quantitative estimate of drug-likeness (QED) is 0.534. The molecular weight excluding hydrogens is 342 g/mol. The highest BCUT2D eigenvalue weighted by Gasteiger charge is 2.33. The number of rotatable bonds is 6. The molecule has 1 aliphatic rings. The van der Waals surface area contributed by atoms with Gasteiger partial charge in [0.25, 0.3) is 0 Å². The Morgan fingerprint density at radius 2 is 2.15 bits per heavy atom. The number of para-hydroxylation sites is 2. The number of hydrazine groups is 1. The summed E-state index contributed by atoms with van der Waals surface area (Å²) < 4.78 is 5.29. The van der Waals surface area contributed by atoms with Crippen LogP contribution < -0.4 is 20.9 Å². The van der Waals surface area contributed by atoms with Gasteiger partial charge in [-0.2, -0.15) is 0 Å². The van der Waals surface area contributed by atoms with Gasteiger partial charge in [-0.25, -0.2) is 10.4 Å². The number of aromatic nitrogens is 2. The molecule has 0 bridgehead atoms. The van der Waals surface area contributed by atoms with Crippen molar-refractivity contribution < 1.29 is 9.53 Å². The molecule has 1 aliphatic heterocycles. The second kappa shape index (κ2) is 7.77. The molecule has 2 aromatic carbocycles. The summed E-state index contributed by atoms with van der Waals surface area (Å²) in [5.41, 5.74) is 9.28. The van der Waals surface area contributed by atoms with E-state index in [0.717, 1.165) is 28.2 Å². The van der Waals surface area contributed by atoms with Gasteiger partial charge in [0.1, 0.15) is 11.6 Å². The third kappa shape index (κ3) is 3.79. The molecule has 140 valence electrons. The lowest BCUT2D eigenvalue weighted by atomic mass is 9.94. The minimum Gasteiger partial charge on any atom is -0.497 e. The second-order valence-corrected chi connectivity index (χ2v) is 6.63. The van der Waals surface area contributed by atoms with E-state index in [0.29, 0.717) is 19.5 Å². The number of amides is 1. The molecule has 0 radical (unpaired) electrons. The summed E-state index contributed by atoms with van der Waals surface area (Å²) in [4.78, 5) is 20.5. The van der Waals surface area contributed by atoms with Crippen LogP contribution >= 0.6 is 0 Å². The van der Waals surface area contributed by atoms with Gasteiger partial charge in [-0.15, -0.1) is 0 Å². The molecule has 7 heteroatoms. The fourth-order valence-electron chi connectivity index (χ4n) is 3.45. The van der Waals surface area contributed by atoms with Crippen LogP contribution in [0.4, 0.5) is 0 Å². The van der Waals surface area contributed by atoms with Gasteiger partial charge in [0.15, 0.2) is 0 Å². The average Bonchev–Trinajstić information content (AvgIpc) is 3.34. The van der Waals surface area contributed by atoms with E-state index in [2.05, 4.69) is 26.1 Å². The van der Waals surface area contributed by atoms with E-state index in [9.17, 15) is 4.79 Å². The second-order valence-electron chi connectivity index (χ2n) is 6.63. The molecule has 1 amide bonds. The van der Waals surface area contributed by atoms with Gasteiger partial charge < -0.3 is 15.0 Å². The summed E-state index contributed by atoms with van der Waals surface area (Å²) in [6.07, 6.45) is 0.665. The molecule has 7 nitrogen and oxygen atoms in total. The first kappa shape index (κ1) is 17.5. The number of methoxy groups -OCH3 is 1. The highest BCUT2D eigenvalue weighted by atomic mass is 16.5. The van der Waals surface area contributed by atoms with Gasteiger partial charge in [-0.1, -0.05) is 24.3 Å². The minimum atomic E-state index is -0.187. The summed E-state index contributed by atoms with van der Waals surface area (Å²) in [6, 6.07) is 15.6. The lowest BCUT2D eigenvalue weighted by molar-refractivity contribution is -0.124. The van der Waals surface area contributed by atoms with E-state index in [1.54, 1.807) is 7.11 Å². The van der Waals surface area contributed by atoms with Crippen LogP contribution in [0.25, 0.3) is 11.0 Å². The summed E-state index contributed by atoms with van der Waals surface area (Å²) in [5.74, 6) is 1.50. The van der Waals surface area contributed by atoms with Gasteiger partial charge in [0.2, 0.25) is 5.91 Å². The Hall–Kier alpha value is -2.90. The van der Waals surface area contributed by atoms with Crippen molar-refractivity contribution in [2.45, 2.75) is 12.5 Å². The number of carbonyl (C=O) groups is 1. The molecule has 2 heterocycles. The number of fused-ring (bicyclic) bond motifs is 1. The Kier molecular flexibility index (Phi) is 5.04. The maximum absolute atomic E-state index is 12.7. The van der Waals surface area contributed by atoms with Crippen molar-refractivity contribution in [2.24, 2.45) is 5.92 Å². The average molecular weight is 365 g/mol. The van der Waals surface area contributed by atoms with Gasteiger partial charge in [0.05, 0.1) is 30.1 Å². The number of aromatic amines is 1. The molecule has 1 fully saturated rings. The van der Waals surface area contributed by atoms with E-state index in [1.165, 1.54) is 0 Å². The number of benzene rings is 2. The highest BCUT2D eigenvalue weighted by molar-refractivity contribution is 5.80. The fourth-order valence-corrected chi connectivity index (χ4v) is 3.45. The van der Waals surface area contributed by atoms with Crippen molar-refractivity contribution in [3.05, 3.63) is 59.9 Å². The minimum absolute atomic E-state index is 0.0245. The molecule has 27 heavy (non-hydrogen) atoms. The molecule has 0 aliphatic carbocycles. The Morgan fingerprint density at radius 3 is 3.00 bits per heavy atom. The topological polar surface area (TPSA) is 91.1 Å². The first-order chi connectivity index (χ1) is 13.2. The number of H-pyrrole nitrogens is 1. The SMILES string of the molecule is COc1cccc(C2NNCC2C(=O)NCCc2nc3ccccc3[nH]2)c1. The molecular formula is C20H23N5O2. The fraction of sp³-hybridized carbons (Fsp3) is 0.300. The molecule has 4 N–H and O–H groups in total. The molecule has 3 aromatic rings. The number of imidazole rings is 1. The van der Waals surface area contributed by atoms with Gasteiger partial charge in [0, 0.05) is 19.5 Å². The Morgan fingerprint density at radius 1 is 1.26 bits per heavy atom. The predicted molar refractivity (Wildman–Crippen MR) is 103 cm³/mol. The normalized spacial score (nSPS) is 19.3. The van der Waals surface area contributed by atoms with Crippen LogP contribution in [-0.2, 0) is 11.2 Å². The Bertz CT molecular complexity index is 906. The molecule has 1 aromatic heterocycles. The highest BCUT2D eigenvalue weighted by Crippen LogP contribution is 2.27. The van der Waals surface area contributed by atoms with E-state index >= 15 is 0 Å². The molecule has 4 rings (SSSR count). The van der Waals surface area contributed by atoms with E-state index in [-0.39, 0.29) is 17.9 Å². The zero-order valence-corrected chi connectivity index (χ0v) is 15.2. The van der Waals surface area contributed by atoms with Crippen LogP contribution in [0.1, 0.15) is 17.4 Å². The van der Waals surface area contributed by atoms with Crippen molar-refractivity contribution in [3.63, 3.8) is 0 Å². The maximum atomic E-state index is 12.7. The van der Waals surface area contributed by atoms with Gasteiger partial charge in [-0.3, -0.25) is 10.2 Å². The number of nitrogens with one attached hydrogen (secondary N) is 4. The van der Waals surface area contributed by atoms with Crippen LogP contribution in [0.5, 0.6) is 5.75 Å². The molecule has 1 saturated heterocycles. The van der Waals surface area contributed by atoms with Crippen molar-refractivity contribution in [3.8, 4) is 5.75 Å². The smallest absolute Gasteiger partial charge is 0.226 e. The molecule has 0 saturated carbocycles. The van der Waals surface area contributed by atoms with Crippen LogP contribution in [0.2, 0.25) is 0 Å². The lowest BCUT2D eigenvalue weighted by Crippen LogP contribution is -2.36. The lowest BCUT2D eigenvalue weighted by Gasteiger charge is -2.19. The number of ether oxygens (including phenoxy) is 1. The number of carbonyl (C=O) groups excluding carboxylic acids is 1. The summed E-state index contributed by atoms with van der Waals surface area (Å²) in [6.45, 7) is 1.12. The van der Waals surface area contributed by atoms with Crippen molar-refractivity contribution >= 4 is 16.9 Å². The summed E-state index contributed by atoms with van der Waals surface area (Å²) >= 11 is 0. The first-order valence-electron chi connectivity index (χ1n) is 9.08. The third-order valence-electron chi connectivity index (χ3n) is 4.87. The van der Waals surface area contributed by atoms with Crippen LogP contribution in [0.15, 0.2) is 48.5 Å². The zero-order chi connectivity index (χ0) is 18.6. The number of hydrogen-bond donors (Lipinski definition) is 4. The number of nitrogens with zero attached hydrogens (tertiary/aromatic N) is 1. The summed E-state index contributed by atoms with van der Waals surface area (Å²) in [7, 11) is 1.64. The van der Waals surface area contributed by atoms with Crippen molar-refractivity contribution in [2.75, 3.05) is 20.2 Å². The molecule has 0 spiro atoms. The Balaban J connectivity index is 1.36. The van der Waals surface area contributed by atoms with E-state index < -0.39 is 0 Å². The standard InChI is InChI=1S/C20H23N5O2/c1-27-14-6-4-5-13(11-14)19-15(12-22-25-19)20(26)21-10-9-18-23-16-7-2-3-8-17(16)24-18/h2-8,11,15,19,22,25H,9-10,12H2,1H3,(H,21,26)(H,23,24). The van der Waals surface area contributed by atoms with E-state index in [4.69, 9.17) is 4.74 Å². The number of hydrogen-bond acceptors (Lipinski definition) is 5. The van der Waals surface area contributed by atoms with E-state index in [1.807, 2.05) is 48.5 Å². The van der Waals surface area contributed by atoms with Crippen LogP contribution in [-0.4, -0.2) is 36.1 Å². The first-order valence-corrected chi connectivity index (χ1v) is 9.08. The van der Waals surface area contributed by atoms with Gasteiger partial charge >= 0.3 is 0 Å². The zero-order valence-electron chi connectivity index (χ0n) is 15.2. The monoisotopic (exact) mass is 365 g/mol. The Labute approximate surface area is 157 Å².